The molecule has 1 amide bonds. The van der Waals surface area contributed by atoms with Crippen LogP contribution in [0.4, 0.5) is 18.9 Å². The van der Waals surface area contributed by atoms with Crippen LogP contribution in [0.3, 0.4) is 0 Å². The number of fused-ring (bicyclic) bond motifs is 1. The molecule has 3 rings (SSSR count). The van der Waals surface area contributed by atoms with E-state index in [1.54, 1.807) is 24.4 Å². The summed E-state index contributed by atoms with van der Waals surface area (Å²) in [7, 11) is -4.29. The third-order valence-corrected chi connectivity index (χ3v) is 5.97. The summed E-state index contributed by atoms with van der Waals surface area (Å²) in [5.41, 5.74) is 0.981. The summed E-state index contributed by atoms with van der Waals surface area (Å²) in [5, 5.41) is 1.69. The number of sulfonamides is 1. The molecule has 0 aromatic heterocycles. The first-order valence-corrected chi connectivity index (χ1v) is 10.3. The van der Waals surface area contributed by atoms with Crippen LogP contribution in [0, 0.1) is 6.92 Å². The van der Waals surface area contributed by atoms with Crippen molar-refractivity contribution in [3.05, 3.63) is 48.0 Å². The second kappa shape index (κ2) is 8.42. The lowest BCUT2D eigenvalue weighted by Crippen LogP contribution is -2.43. The fourth-order valence-electron chi connectivity index (χ4n) is 2.72. The van der Waals surface area contributed by atoms with E-state index < -0.39 is 35.2 Å². The summed E-state index contributed by atoms with van der Waals surface area (Å²) in [4.78, 5) is 11.9. The van der Waals surface area contributed by atoms with Crippen molar-refractivity contribution in [1.82, 2.24) is 5.32 Å². The number of carbonyl (C=O) groups is 1. The lowest BCUT2D eigenvalue weighted by molar-refractivity contribution is -0.137. The number of amides is 1. The molecule has 2 aromatic carbocycles. The number of halogens is 3. The molecule has 0 bridgehead atoms. The Balaban J connectivity index is 1.94. The summed E-state index contributed by atoms with van der Waals surface area (Å²) in [6, 6.07) is 10.2. The van der Waals surface area contributed by atoms with Gasteiger partial charge in [0.05, 0.1) is 10.6 Å². The zero-order valence-corrected chi connectivity index (χ0v) is 16.7. The predicted octanol–water partition coefficient (Wildman–Crippen LogP) is 2.64. The third kappa shape index (κ3) is 5.15. The average molecular weight is 444 g/mol. The van der Waals surface area contributed by atoms with Crippen LogP contribution in [0.5, 0.6) is 11.5 Å². The minimum absolute atomic E-state index is 0.137. The Kier molecular flexibility index (Phi) is 6.11. The largest absolute Gasteiger partial charge is 0.486 e. The average Bonchev–Trinajstić information content (AvgIpc) is 2.70. The molecule has 0 aliphatic carbocycles. The SMILES string of the molecule is Cc1ccc(N(CC(=O)NCC(F)(F)F)S(=O)(=O)c2ccc3c(c2)OCCO3)cc1. The molecule has 7 nitrogen and oxygen atoms in total. The van der Waals surface area contributed by atoms with Crippen LogP contribution in [0.1, 0.15) is 5.56 Å². The maximum Gasteiger partial charge on any atom is 0.405 e. The molecule has 30 heavy (non-hydrogen) atoms. The molecule has 0 unspecified atom stereocenters. The number of hydrogen-bond donors (Lipinski definition) is 1. The normalized spacial score (nSPS) is 13.6. The van der Waals surface area contributed by atoms with Crippen molar-refractivity contribution in [2.75, 3.05) is 30.6 Å². The predicted molar refractivity (Wildman–Crippen MR) is 102 cm³/mol. The van der Waals surface area contributed by atoms with E-state index in [0.29, 0.717) is 12.4 Å². The third-order valence-electron chi connectivity index (χ3n) is 4.20. The Labute approximate surface area is 171 Å². The van der Waals surface area contributed by atoms with Gasteiger partial charge in [0.15, 0.2) is 11.5 Å². The van der Waals surface area contributed by atoms with E-state index in [1.165, 1.54) is 30.3 Å². The Bertz CT molecular complexity index is 1020. The zero-order valence-electron chi connectivity index (χ0n) is 15.9. The van der Waals surface area contributed by atoms with Crippen LogP contribution in [-0.2, 0) is 14.8 Å². The molecule has 0 radical (unpaired) electrons. The molecule has 0 saturated heterocycles. The van der Waals surface area contributed by atoms with E-state index >= 15 is 0 Å². The van der Waals surface area contributed by atoms with Crippen molar-refractivity contribution < 1.29 is 35.9 Å². The van der Waals surface area contributed by atoms with Crippen LogP contribution < -0.4 is 19.1 Å². The highest BCUT2D eigenvalue weighted by Crippen LogP contribution is 2.34. The van der Waals surface area contributed by atoms with Crippen molar-refractivity contribution in [1.29, 1.82) is 0 Å². The Morgan fingerprint density at radius 2 is 1.70 bits per heavy atom. The number of alkyl halides is 3. The van der Waals surface area contributed by atoms with Gasteiger partial charge in [-0.1, -0.05) is 17.7 Å². The minimum atomic E-state index is -4.61. The van der Waals surface area contributed by atoms with Gasteiger partial charge in [0.25, 0.3) is 10.0 Å². The summed E-state index contributed by atoms with van der Waals surface area (Å²) in [6.07, 6.45) is -4.61. The first kappa shape index (κ1) is 21.8. The van der Waals surface area contributed by atoms with E-state index in [4.69, 9.17) is 9.47 Å². The van der Waals surface area contributed by atoms with Gasteiger partial charge < -0.3 is 14.8 Å². The van der Waals surface area contributed by atoms with E-state index in [9.17, 15) is 26.4 Å². The van der Waals surface area contributed by atoms with Crippen molar-refractivity contribution >= 4 is 21.6 Å². The van der Waals surface area contributed by atoms with Crippen LogP contribution in [0.25, 0.3) is 0 Å². The molecular weight excluding hydrogens is 425 g/mol. The number of benzene rings is 2. The fraction of sp³-hybridized carbons (Fsp3) is 0.316. The maximum atomic E-state index is 13.3. The van der Waals surface area contributed by atoms with Crippen molar-refractivity contribution in [3.63, 3.8) is 0 Å². The molecule has 0 saturated carbocycles. The molecule has 2 aromatic rings. The summed E-state index contributed by atoms with van der Waals surface area (Å²) in [5.74, 6) is -0.480. The van der Waals surface area contributed by atoms with Gasteiger partial charge in [-0.3, -0.25) is 9.10 Å². The second-order valence-corrected chi connectivity index (χ2v) is 8.41. The first-order valence-electron chi connectivity index (χ1n) is 8.89. The van der Waals surface area contributed by atoms with Crippen molar-refractivity contribution in [2.24, 2.45) is 0 Å². The van der Waals surface area contributed by atoms with Crippen LogP contribution in [0.2, 0.25) is 0 Å². The van der Waals surface area contributed by atoms with Crippen LogP contribution >= 0.6 is 0 Å². The number of anilines is 1. The zero-order chi connectivity index (χ0) is 21.9. The molecule has 1 aliphatic rings. The van der Waals surface area contributed by atoms with Gasteiger partial charge in [-0.05, 0) is 31.2 Å². The first-order chi connectivity index (χ1) is 14.1. The summed E-state index contributed by atoms with van der Waals surface area (Å²) in [6.45, 7) is -0.0149. The van der Waals surface area contributed by atoms with Crippen molar-refractivity contribution in [2.45, 2.75) is 18.0 Å². The molecule has 1 aliphatic heterocycles. The Hall–Kier alpha value is -2.95. The molecule has 1 heterocycles. The molecule has 0 spiro atoms. The van der Waals surface area contributed by atoms with Gasteiger partial charge in [0.2, 0.25) is 5.91 Å². The van der Waals surface area contributed by atoms with E-state index in [-0.39, 0.29) is 22.9 Å². The number of aryl methyl sites for hydroxylation is 1. The maximum absolute atomic E-state index is 13.3. The molecule has 0 atom stereocenters. The van der Waals surface area contributed by atoms with Crippen LogP contribution in [-0.4, -0.2) is 46.8 Å². The number of rotatable bonds is 6. The highest BCUT2D eigenvalue weighted by atomic mass is 32.2. The number of nitrogens with zero attached hydrogens (tertiary/aromatic N) is 1. The smallest absolute Gasteiger partial charge is 0.405 e. The molecule has 1 N–H and O–H groups in total. The highest BCUT2D eigenvalue weighted by Gasteiger charge is 2.31. The quantitative estimate of drug-likeness (QED) is 0.741. The Morgan fingerprint density at radius 3 is 2.33 bits per heavy atom. The van der Waals surface area contributed by atoms with Gasteiger partial charge in [0, 0.05) is 6.07 Å². The standard InChI is InChI=1S/C19H19F3N2O5S/c1-13-2-4-14(5-3-13)24(11-18(25)23-12-19(20,21)22)30(26,27)15-6-7-16-17(10-15)29-9-8-28-16/h2-7,10H,8-9,11-12H2,1H3,(H,23,25). The lowest BCUT2D eigenvalue weighted by Gasteiger charge is -2.25. The van der Waals surface area contributed by atoms with Gasteiger partial charge in [0.1, 0.15) is 26.3 Å². The van der Waals surface area contributed by atoms with Crippen LogP contribution in [0.15, 0.2) is 47.4 Å². The van der Waals surface area contributed by atoms with E-state index in [0.717, 1.165) is 9.87 Å². The lowest BCUT2D eigenvalue weighted by atomic mass is 10.2. The van der Waals surface area contributed by atoms with E-state index in [2.05, 4.69) is 0 Å². The Morgan fingerprint density at radius 1 is 1.07 bits per heavy atom. The van der Waals surface area contributed by atoms with Gasteiger partial charge in [-0.25, -0.2) is 8.42 Å². The summed E-state index contributed by atoms with van der Waals surface area (Å²) < 4.78 is 75.3. The summed E-state index contributed by atoms with van der Waals surface area (Å²) >= 11 is 0. The fourth-order valence-corrected chi connectivity index (χ4v) is 4.16. The minimum Gasteiger partial charge on any atom is -0.486 e. The van der Waals surface area contributed by atoms with Crippen molar-refractivity contribution in [3.8, 4) is 11.5 Å². The van der Waals surface area contributed by atoms with Gasteiger partial charge in [-0.2, -0.15) is 13.2 Å². The van der Waals surface area contributed by atoms with Gasteiger partial charge >= 0.3 is 6.18 Å². The number of nitrogens with one attached hydrogen (secondary N) is 1. The molecule has 0 fully saturated rings. The molecule has 11 heteroatoms. The number of ether oxygens (including phenoxy) is 2. The number of hydrogen-bond acceptors (Lipinski definition) is 5. The number of carbonyl (C=O) groups excluding carboxylic acids is 1. The molecular formula is C19H19F3N2O5S. The van der Waals surface area contributed by atoms with E-state index in [1.807, 2.05) is 0 Å². The van der Waals surface area contributed by atoms with Gasteiger partial charge in [-0.15, -0.1) is 0 Å². The second-order valence-electron chi connectivity index (χ2n) is 6.54. The monoisotopic (exact) mass is 444 g/mol. The highest BCUT2D eigenvalue weighted by molar-refractivity contribution is 7.92. The molecule has 162 valence electrons. The topological polar surface area (TPSA) is 84.9 Å².